The molecule has 0 spiro atoms. The highest BCUT2D eigenvalue weighted by Gasteiger charge is 2.22. The van der Waals surface area contributed by atoms with E-state index in [0.29, 0.717) is 0 Å². The molecule has 2 atom stereocenters. The molecule has 0 radical (unpaired) electrons. The number of amides is 1. The van der Waals surface area contributed by atoms with Crippen molar-refractivity contribution in [1.82, 2.24) is 15.1 Å². The maximum absolute atomic E-state index is 12.6. The molecule has 6 nitrogen and oxygen atoms in total. The fourth-order valence-electron chi connectivity index (χ4n) is 2.95. The summed E-state index contributed by atoms with van der Waals surface area (Å²) in [5.74, 6) is 0.825. The second-order valence-electron chi connectivity index (χ2n) is 6.58. The fourth-order valence-corrected chi connectivity index (χ4v) is 2.95. The van der Waals surface area contributed by atoms with E-state index in [4.69, 9.17) is 9.47 Å². The number of methoxy groups -OCH3 is 1. The summed E-state index contributed by atoms with van der Waals surface area (Å²) in [6.07, 6.45) is 0. The lowest BCUT2D eigenvalue weighted by atomic mass is 10.1. The van der Waals surface area contributed by atoms with Gasteiger partial charge in [0.2, 0.25) is 5.91 Å². The van der Waals surface area contributed by atoms with Crippen LogP contribution in [-0.2, 0) is 9.53 Å². The van der Waals surface area contributed by atoms with Crippen molar-refractivity contribution in [3.8, 4) is 5.75 Å². The molecule has 1 aliphatic rings. The van der Waals surface area contributed by atoms with Crippen LogP contribution in [0.2, 0.25) is 0 Å². The monoisotopic (exact) mass is 349 g/mol. The van der Waals surface area contributed by atoms with Gasteiger partial charge < -0.3 is 14.8 Å². The van der Waals surface area contributed by atoms with E-state index >= 15 is 0 Å². The largest absolute Gasteiger partial charge is 0.496 e. The Bertz CT molecular complexity index is 546. The minimum Gasteiger partial charge on any atom is -0.496 e. The number of nitrogens with zero attached hydrogens (tertiary/aromatic N) is 2. The van der Waals surface area contributed by atoms with Gasteiger partial charge >= 0.3 is 0 Å². The molecular formula is C19H31N3O3. The standard InChI is InChI=1S/C19H31N3O3/c1-15(17-7-5-6-8-18(17)24-4)20-19(23)16(2)21(3)9-10-22-11-13-25-14-12-22/h5-8,15-16H,9-14H2,1-4H3,(H,20,23). The Morgan fingerprint density at radius 3 is 2.68 bits per heavy atom. The van der Waals surface area contributed by atoms with Gasteiger partial charge in [-0.15, -0.1) is 0 Å². The predicted octanol–water partition coefficient (Wildman–Crippen LogP) is 1.52. The van der Waals surface area contributed by atoms with Crippen LogP contribution in [0.1, 0.15) is 25.5 Å². The maximum atomic E-state index is 12.6. The number of ether oxygens (including phenoxy) is 2. The van der Waals surface area contributed by atoms with Crippen molar-refractivity contribution < 1.29 is 14.3 Å². The number of rotatable bonds is 8. The molecule has 1 aliphatic heterocycles. The summed E-state index contributed by atoms with van der Waals surface area (Å²) in [7, 11) is 3.65. The number of carbonyl (C=O) groups excluding carboxylic acids is 1. The SMILES string of the molecule is COc1ccccc1C(C)NC(=O)C(C)N(C)CCN1CCOCC1. The van der Waals surface area contributed by atoms with E-state index in [-0.39, 0.29) is 18.0 Å². The van der Waals surface area contributed by atoms with E-state index in [2.05, 4.69) is 15.1 Å². The lowest BCUT2D eigenvalue weighted by molar-refractivity contribution is -0.126. The summed E-state index contributed by atoms with van der Waals surface area (Å²) in [4.78, 5) is 17.1. The summed E-state index contributed by atoms with van der Waals surface area (Å²) >= 11 is 0. The molecule has 1 N–H and O–H groups in total. The van der Waals surface area contributed by atoms with Gasteiger partial charge in [0, 0.05) is 31.7 Å². The van der Waals surface area contributed by atoms with Gasteiger partial charge in [0.1, 0.15) is 5.75 Å². The van der Waals surface area contributed by atoms with Gasteiger partial charge in [-0.25, -0.2) is 0 Å². The molecule has 1 aromatic rings. The van der Waals surface area contributed by atoms with Crippen LogP contribution < -0.4 is 10.1 Å². The van der Waals surface area contributed by atoms with Crippen LogP contribution in [0.3, 0.4) is 0 Å². The molecule has 140 valence electrons. The number of hydrogen-bond donors (Lipinski definition) is 1. The van der Waals surface area contributed by atoms with Crippen LogP contribution in [0, 0.1) is 0 Å². The minimum atomic E-state index is -0.182. The maximum Gasteiger partial charge on any atom is 0.237 e. The van der Waals surface area contributed by atoms with E-state index in [1.165, 1.54) is 0 Å². The summed E-state index contributed by atoms with van der Waals surface area (Å²) in [6, 6.07) is 7.50. The fraction of sp³-hybridized carbons (Fsp3) is 0.632. The highest BCUT2D eigenvalue weighted by molar-refractivity contribution is 5.81. The zero-order chi connectivity index (χ0) is 18.2. The molecule has 1 fully saturated rings. The molecule has 1 amide bonds. The van der Waals surface area contributed by atoms with Gasteiger partial charge in [-0.1, -0.05) is 18.2 Å². The third-order valence-corrected chi connectivity index (χ3v) is 4.88. The van der Waals surface area contributed by atoms with Gasteiger partial charge in [-0.3, -0.25) is 14.6 Å². The van der Waals surface area contributed by atoms with Crippen LogP contribution in [-0.4, -0.2) is 75.3 Å². The molecule has 6 heteroatoms. The quantitative estimate of drug-likeness (QED) is 0.771. The lowest BCUT2D eigenvalue weighted by Gasteiger charge is -2.31. The molecule has 2 rings (SSSR count). The number of hydrogen-bond acceptors (Lipinski definition) is 5. The molecule has 0 aliphatic carbocycles. The smallest absolute Gasteiger partial charge is 0.237 e. The van der Waals surface area contributed by atoms with Crippen molar-refractivity contribution in [2.45, 2.75) is 25.9 Å². The molecule has 0 aromatic heterocycles. The van der Waals surface area contributed by atoms with Crippen LogP contribution in [0.15, 0.2) is 24.3 Å². The first-order valence-electron chi connectivity index (χ1n) is 8.96. The molecule has 1 heterocycles. The highest BCUT2D eigenvalue weighted by atomic mass is 16.5. The van der Waals surface area contributed by atoms with Gasteiger partial charge in [-0.05, 0) is 27.0 Å². The molecule has 25 heavy (non-hydrogen) atoms. The number of para-hydroxylation sites is 1. The topological polar surface area (TPSA) is 54.0 Å². The average Bonchev–Trinajstić information content (AvgIpc) is 2.66. The minimum absolute atomic E-state index is 0.0304. The lowest BCUT2D eigenvalue weighted by Crippen LogP contribution is -2.47. The third-order valence-electron chi connectivity index (χ3n) is 4.88. The number of carbonyl (C=O) groups is 1. The van der Waals surface area contributed by atoms with Crippen molar-refractivity contribution in [3.63, 3.8) is 0 Å². The first-order chi connectivity index (χ1) is 12.0. The molecule has 0 saturated carbocycles. The Labute approximate surface area is 151 Å². The third kappa shape index (κ3) is 5.70. The van der Waals surface area contributed by atoms with Crippen molar-refractivity contribution in [2.75, 3.05) is 53.6 Å². The second kappa shape index (κ2) is 9.75. The Kier molecular flexibility index (Phi) is 7.68. The molecule has 2 unspecified atom stereocenters. The Balaban J connectivity index is 1.83. The van der Waals surface area contributed by atoms with Crippen LogP contribution >= 0.6 is 0 Å². The predicted molar refractivity (Wildman–Crippen MR) is 98.9 cm³/mol. The second-order valence-corrected chi connectivity index (χ2v) is 6.58. The van der Waals surface area contributed by atoms with Crippen LogP contribution in [0.4, 0.5) is 0 Å². The first-order valence-corrected chi connectivity index (χ1v) is 8.96. The van der Waals surface area contributed by atoms with E-state index in [1.807, 2.05) is 45.2 Å². The van der Waals surface area contributed by atoms with Gasteiger partial charge in [0.15, 0.2) is 0 Å². The van der Waals surface area contributed by atoms with Gasteiger partial charge in [0.25, 0.3) is 0 Å². The zero-order valence-electron chi connectivity index (χ0n) is 15.8. The number of likely N-dealkylation sites (N-methyl/N-ethyl adjacent to an activating group) is 1. The Morgan fingerprint density at radius 2 is 2.00 bits per heavy atom. The number of benzene rings is 1. The summed E-state index contributed by atoms with van der Waals surface area (Å²) < 4.78 is 10.8. The molecule has 0 bridgehead atoms. The van der Waals surface area contributed by atoms with E-state index in [1.54, 1.807) is 7.11 Å². The van der Waals surface area contributed by atoms with Crippen molar-refractivity contribution in [2.24, 2.45) is 0 Å². The number of nitrogens with one attached hydrogen (secondary N) is 1. The van der Waals surface area contributed by atoms with Crippen molar-refractivity contribution in [1.29, 1.82) is 0 Å². The van der Waals surface area contributed by atoms with Crippen LogP contribution in [0.25, 0.3) is 0 Å². The summed E-state index contributed by atoms with van der Waals surface area (Å²) in [5.41, 5.74) is 0.988. The van der Waals surface area contributed by atoms with Gasteiger partial charge in [0.05, 0.1) is 32.4 Å². The average molecular weight is 349 g/mol. The Morgan fingerprint density at radius 1 is 1.32 bits per heavy atom. The summed E-state index contributed by atoms with van der Waals surface area (Å²) in [6.45, 7) is 9.29. The van der Waals surface area contributed by atoms with Gasteiger partial charge in [-0.2, -0.15) is 0 Å². The zero-order valence-corrected chi connectivity index (χ0v) is 15.8. The van der Waals surface area contributed by atoms with Crippen molar-refractivity contribution in [3.05, 3.63) is 29.8 Å². The first kappa shape index (κ1) is 19.7. The molecule has 1 aromatic carbocycles. The number of morpholine rings is 1. The molecule has 1 saturated heterocycles. The van der Waals surface area contributed by atoms with E-state index in [0.717, 1.165) is 50.7 Å². The summed E-state index contributed by atoms with van der Waals surface area (Å²) in [5, 5.41) is 3.10. The van der Waals surface area contributed by atoms with Crippen LogP contribution in [0.5, 0.6) is 5.75 Å². The highest BCUT2D eigenvalue weighted by Crippen LogP contribution is 2.24. The van der Waals surface area contributed by atoms with Crippen molar-refractivity contribution >= 4 is 5.91 Å². The normalized spacial score (nSPS) is 18.0. The van der Waals surface area contributed by atoms with E-state index < -0.39 is 0 Å². The molecular weight excluding hydrogens is 318 g/mol. The van der Waals surface area contributed by atoms with E-state index in [9.17, 15) is 4.79 Å². The Hall–Kier alpha value is -1.63.